The zero-order valence-electron chi connectivity index (χ0n) is 24.5. The van der Waals surface area contributed by atoms with Crippen molar-refractivity contribution >= 4 is 29.6 Å². The Balaban J connectivity index is 0.000000314. The molecule has 10 heteroatoms. The van der Waals surface area contributed by atoms with Gasteiger partial charge in [-0.2, -0.15) is 0 Å². The lowest BCUT2D eigenvalue weighted by Crippen LogP contribution is -2.64. The summed E-state index contributed by atoms with van der Waals surface area (Å²) in [5, 5.41) is 33.0. The van der Waals surface area contributed by atoms with Crippen LogP contribution in [0.1, 0.15) is 83.6 Å². The van der Waals surface area contributed by atoms with Crippen LogP contribution < -0.4 is 10.6 Å². The van der Waals surface area contributed by atoms with Crippen LogP contribution in [0.15, 0.2) is 54.6 Å². The van der Waals surface area contributed by atoms with Gasteiger partial charge in [0.2, 0.25) is 11.8 Å². The number of ketones is 1. The van der Waals surface area contributed by atoms with Gasteiger partial charge in [-0.15, -0.1) is 0 Å². The second-order valence-corrected chi connectivity index (χ2v) is 10.7. The van der Waals surface area contributed by atoms with E-state index >= 15 is 0 Å². The maximum absolute atomic E-state index is 12.1. The minimum absolute atomic E-state index is 0.0535. The molecule has 0 bridgehead atoms. The number of carbonyl (C=O) groups is 5. The second-order valence-electron chi connectivity index (χ2n) is 10.7. The number of benzene rings is 1. The fourth-order valence-electron chi connectivity index (χ4n) is 5.28. The number of barbiturate groups is 1. The quantitative estimate of drug-likeness (QED) is 0.124. The van der Waals surface area contributed by atoms with Gasteiger partial charge in [-0.1, -0.05) is 87.7 Å². The Bertz CT molecular complexity index is 1110. The second kappa shape index (κ2) is 17.4. The summed E-state index contributed by atoms with van der Waals surface area (Å²) in [7, 11) is 0. The van der Waals surface area contributed by atoms with Gasteiger partial charge in [-0.3, -0.25) is 29.8 Å². The number of carbonyl (C=O) groups excluding carboxylic acids is 4. The molecule has 1 aromatic rings. The number of urea groups is 1. The van der Waals surface area contributed by atoms with E-state index in [2.05, 4.69) is 17.6 Å². The molecule has 3 rings (SSSR count). The van der Waals surface area contributed by atoms with Crippen molar-refractivity contribution in [2.75, 3.05) is 0 Å². The number of allylic oxidation sites excluding steroid dienone is 2. The molecule has 4 atom stereocenters. The molecule has 1 heterocycles. The van der Waals surface area contributed by atoms with Gasteiger partial charge in [0.1, 0.15) is 5.78 Å². The Labute approximate surface area is 247 Å². The number of carboxylic acids is 1. The van der Waals surface area contributed by atoms with Gasteiger partial charge >= 0.3 is 12.0 Å². The summed E-state index contributed by atoms with van der Waals surface area (Å²) in [6.45, 7) is 3.85. The van der Waals surface area contributed by atoms with Crippen LogP contribution in [0.3, 0.4) is 0 Å². The fourth-order valence-corrected chi connectivity index (χ4v) is 5.28. The summed E-state index contributed by atoms with van der Waals surface area (Å²) in [5.41, 5.74) is -0.722. The topological polar surface area (TPSA) is 170 Å². The first-order chi connectivity index (χ1) is 20.1. The number of hydrogen-bond acceptors (Lipinski definition) is 7. The van der Waals surface area contributed by atoms with E-state index in [9.17, 15) is 34.2 Å². The molecule has 1 saturated carbocycles. The summed E-state index contributed by atoms with van der Waals surface area (Å²) >= 11 is 0. The van der Waals surface area contributed by atoms with Crippen LogP contribution >= 0.6 is 0 Å². The Hall–Kier alpha value is -3.63. The number of hydrogen-bond donors (Lipinski definition) is 5. The van der Waals surface area contributed by atoms with E-state index in [1.54, 1.807) is 49.4 Å². The molecule has 0 aromatic heterocycles. The lowest BCUT2D eigenvalue weighted by Gasteiger charge is -2.33. The van der Waals surface area contributed by atoms with Gasteiger partial charge in [-0.25, -0.2) is 4.79 Å². The molecule has 0 unspecified atom stereocenters. The van der Waals surface area contributed by atoms with Gasteiger partial charge in [0, 0.05) is 24.7 Å². The normalized spacial score (nSPS) is 22.5. The molecule has 1 aromatic carbocycles. The van der Waals surface area contributed by atoms with Crippen LogP contribution in [-0.2, 0) is 24.6 Å². The van der Waals surface area contributed by atoms with Crippen molar-refractivity contribution in [3.63, 3.8) is 0 Å². The number of imide groups is 2. The van der Waals surface area contributed by atoms with Gasteiger partial charge in [0.15, 0.2) is 5.41 Å². The van der Waals surface area contributed by atoms with Crippen LogP contribution in [0.2, 0.25) is 0 Å². The molecular formula is C32H44N2O8. The minimum atomic E-state index is -1.31. The van der Waals surface area contributed by atoms with Crippen molar-refractivity contribution in [1.29, 1.82) is 0 Å². The van der Waals surface area contributed by atoms with Crippen molar-refractivity contribution in [3.8, 4) is 0 Å². The zero-order chi connectivity index (χ0) is 31.1. The number of unbranched alkanes of at least 4 members (excludes halogenated alkanes) is 3. The first-order valence-corrected chi connectivity index (χ1v) is 14.7. The Kier molecular flexibility index (Phi) is 14.3. The molecule has 42 heavy (non-hydrogen) atoms. The van der Waals surface area contributed by atoms with E-state index < -0.39 is 41.4 Å². The molecule has 1 aliphatic heterocycles. The van der Waals surface area contributed by atoms with E-state index in [4.69, 9.17) is 5.11 Å². The number of rotatable bonds is 14. The molecule has 1 saturated heterocycles. The Morgan fingerprint density at radius 1 is 1.02 bits per heavy atom. The predicted molar refractivity (Wildman–Crippen MR) is 157 cm³/mol. The summed E-state index contributed by atoms with van der Waals surface area (Å²) in [6.07, 6.45) is 12.4. The predicted octanol–water partition coefficient (Wildman–Crippen LogP) is 3.95. The average molecular weight is 585 g/mol. The number of Topliss-reactive ketones (excluding diaryl/α,β-unsaturated/α-hetero) is 1. The number of aliphatic hydroxyl groups excluding tert-OH is 2. The Morgan fingerprint density at radius 3 is 2.29 bits per heavy atom. The van der Waals surface area contributed by atoms with Crippen LogP contribution in [0.25, 0.3) is 0 Å². The number of aliphatic carboxylic acids is 1. The van der Waals surface area contributed by atoms with Crippen molar-refractivity contribution in [1.82, 2.24) is 10.6 Å². The summed E-state index contributed by atoms with van der Waals surface area (Å²) in [6, 6.07) is 7.96. The first-order valence-electron chi connectivity index (χ1n) is 14.7. The lowest BCUT2D eigenvalue weighted by molar-refractivity contribution is -0.139. The highest BCUT2D eigenvalue weighted by Gasteiger charge is 2.50. The molecule has 1 aliphatic carbocycles. The van der Waals surface area contributed by atoms with Crippen LogP contribution in [0, 0.1) is 11.8 Å². The van der Waals surface area contributed by atoms with E-state index in [1.807, 2.05) is 12.2 Å². The third-order valence-corrected chi connectivity index (χ3v) is 7.74. The Morgan fingerprint density at radius 2 is 1.69 bits per heavy atom. The number of nitrogens with one attached hydrogen (secondary N) is 2. The van der Waals surface area contributed by atoms with Crippen LogP contribution in [0.4, 0.5) is 4.79 Å². The maximum atomic E-state index is 12.1. The van der Waals surface area contributed by atoms with Crippen molar-refractivity contribution in [2.45, 2.75) is 95.7 Å². The molecule has 10 nitrogen and oxygen atoms in total. The smallest absolute Gasteiger partial charge is 0.328 e. The van der Waals surface area contributed by atoms with Crippen molar-refractivity contribution in [2.24, 2.45) is 11.8 Å². The van der Waals surface area contributed by atoms with E-state index in [0.29, 0.717) is 37.7 Å². The average Bonchev–Trinajstić information content (AvgIpc) is 3.22. The first kappa shape index (κ1) is 34.6. The SMILES string of the molecule is CCC1(c2ccccc2)C(=O)NC(=O)NC1=O.CCCCC[C@H](O)/C=C/[C@H]1[C@H](O)CC(=O)[C@@H]1C/C=C\CCCC(=O)O. The number of aliphatic hydroxyl groups is 2. The maximum Gasteiger partial charge on any atom is 0.328 e. The summed E-state index contributed by atoms with van der Waals surface area (Å²) < 4.78 is 0. The zero-order valence-corrected chi connectivity index (χ0v) is 24.5. The summed E-state index contributed by atoms with van der Waals surface area (Å²) in [4.78, 5) is 57.5. The molecule has 2 aliphatic rings. The summed E-state index contributed by atoms with van der Waals surface area (Å²) in [5.74, 6) is -2.40. The highest BCUT2D eigenvalue weighted by atomic mass is 16.4. The van der Waals surface area contributed by atoms with Crippen molar-refractivity contribution < 1.29 is 39.3 Å². The highest BCUT2D eigenvalue weighted by molar-refractivity contribution is 6.22. The van der Waals surface area contributed by atoms with Gasteiger partial charge in [-0.05, 0) is 37.7 Å². The van der Waals surface area contributed by atoms with E-state index in [1.165, 1.54) is 0 Å². The van der Waals surface area contributed by atoms with Crippen LogP contribution in [-0.4, -0.2) is 57.1 Å². The molecule has 4 amide bonds. The lowest BCUT2D eigenvalue weighted by atomic mass is 9.75. The van der Waals surface area contributed by atoms with Crippen LogP contribution in [0.5, 0.6) is 0 Å². The molecule has 0 radical (unpaired) electrons. The van der Waals surface area contributed by atoms with Gasteiger partial charge in [0.25, 0.3) is 0 Å². The number of carboxylic acid groups (broad SMARTS) is 1. The third-order valence-electron chi connectivity index (χ3n) is 7.74. The highest BCUT2D eigenvalue weighted by Crippen LogP contribution is 2.33. The van der Waals surface area contributed by atoms with Gasteiger partial charge in [0.05, 0.1) is 12.2 Å². The molecule has 2 fully saturated rings. The molecule has 0 spiro atoms. The van der Waals surface area contributed by atoms with Crippen molar-refractivity contribution in [3.05, 3.63) is 60.2 Å². The fraction of sp³-hybridized carbons (Fsp3) is 0.531. The van der Waals surface area contributed by atoms with Gasteiger partial charge < -0.3 is 15.3 Å². The monoisotopic (exact) mass is 584 g/mol. The standard InChI is InChI=1S/C20H32O5.C12H12N2O3/c1-2-3-6-9-15(21)12-13-17-16(18(22)14-19(17)23)10-7-4-5-8-11-20(24)25;1-2-12(8-6-4-3-5-7-8)9(15)13-11(17)14-10(12)16/h4,7,12-13,15-17,19,21,23H,2-3,5-6,8-11,14H2,1H3,(H,24,25);3-7H,2H2,1H3,(H2,13,14,15,16,17)/b7-4-,13-12+;/t15-,16+,17+,19+;/m0./s1. The largest absolute Gasteiger partial charge is 0.481 e. The third kappa shape index (κ3) is 9.73. The molecule has 230 valence electrons. The minimum Gasteiger partial charge on any atom is -0.481 e. The van der Waals surface area contributed by atoms with E-state index in [-0.39, 0.29) is 30.5 Å². The number of amides is 4. The molecular weight excluding hydrogens is 540 g/mol. The van der Waals surface area contributed by atoms with E-state index in [0.717, 1.165) is 19.3 Å². The molecule has 5 N–H and O–H groups in total.